The second kappa shape index (κ2) is 9.19. The van der Waals surface area contributed by atoms with Crippen LogP contribution in [0.15, 0.2) is 18.2 Å². The van der Waals surface area contributed by atoms with Crippen LogP contribution in [-0.4, -0.2) is 40.4 Å². The zero-order valence-electron chi connectivity index (χ0n) is 15.8. The van der Waals surface area contributed by atoms with E-state index in [0.717, 1.165) is 43.1 Å². The quantitative estimate of drug-likeness (QED) is 0.709. The number of nitrogens with one attached hydrogen (secondary N) is 2. The Bertz CT molecular complexity index is 786. The van der Waals surface area contributed by atoms with Crippen molar-refractivity contribution < 1.29 is 9.53 Å². The summed E-state index contributed by atoms with van der Waals surface area (Å²) in [4.78, 5) is 16.7. The van der Waals surface area contributed by atoms with E-state index in [4.69, 9.17) is 16.3 Å². The third-order valence-corrected chi connectivity index (χ3v) is 5.11. The summed E-state index contributed by atoms with van der Waals surface area (Å²) in [5, 5.41) is 11.4. The second-order valence-corrected chi connectivity index (χ2v) is 7.26. The Balaban J connectivity index is 1.43. The van der Waals surface area contributed by atoms with Gasteiger partial charge in [0.1, 0.15) is 5.75 Å². The molecule has 7 nitrogen and oxygen atoms in total. The molecule has 2 heterocycles. The van der Waals surface area contributed by atoms with E-state index in [-0.39, 0.29) is 5.91 Å². The Hall–Kier alpha value is -2.12. The monoisotopic (exact) mass is 391 g/mol. The fourth-order valence-corrected chi connectivity index (χ4v) is 3.20. The Morgan fingerprint density at radius 2 is 2.19 bits per heavy atom. The van der Waals surface area contributed by atoms with E-state index in [1.807, 2.05) is 25.1 Å². The van der Waals surface area contributed by atoms with Crippen LogP contribution in [0.5, 0.6) is 5.75 Å². The van der Waals surface area contributed by atoms with Crippen molar-refractivity contribution >= 4 is 23.5 Å². The number of ether oxygens (including phenoxy) is 1. The Morgan fingerprint density at radius 3 is 2.93 bits per heavy atom. The number of carbonyl (C=O) groups is 1. The lowest BCUT2D eigenvalue weighted by Gasteiger charge is -2.19. The van der Waals surface area contributed by atoms with Gasteiger partial charge in [0.05, 0.1) is 6.61 Å². The van der Waals surface area contributed by atoms with Crippen LogP contribution in [-0.2, 0) is 11.8 Å². The molecule has 1 aliphatic rings. The number of hydrogen-bond acceptors (Lipinski definition) is 5. The third-order valence-electron chi connectivity index (χ3n) is 4.68. The molecule has 0 saturated carbocycles. The van der Waals surface area contributed by atoms with E-state index >= 15 is 0 Å². The van der Waals surface area contributed by atoms with Crippen molar-refractivity contribution in [1.29, 1.82) is 0 Å². The van der Waals surface area contributed by atoms with Gasteiger partial charge in [-0.2, -0.15) is 10.1 Å². The lowest BCUT2D eigenvalue weighted by Crippen LogP contribution is -2.27. The highest BCUT2D eigenvalue weighted by molar-refractivity contribution is 6.31. The lowest BCUT2D eigenvalue weighted by molar-refractivity contribution is -0.116. The number of carbonyl (C=O) groups excluding carboxylic acids is 1. The van der Waals surface area contributed by atoms with E-state index in [1.165, 1.54) is 0 Å². The maximum atomic E-state index is 12.2. The standard InChI is InChI=1S/C19H26ClN5O2/c1-13-12-15(5-6-16(13)20)27-11-3-4-17(26)22-19-23-18(24-25(19)2)14-7-9-21-10-8-14/h5-6,12,14,21H,3-4,7-11H2,1-2H3,(H,22,23,24,26). The van der Waals surface area contributed by atoms with Gasteiger partial charge in [0.2, 0.25) is 11.9 Å². The van der Waals surface area contributed by atoms with Gasteiger partial charge in [-0.15, -0.1) is 0 Å². The maximum absolute atomic E-state index is 12.2. The van der Waals surface area contributed by atoms with Crippen LogP contribution in [0.2, 0.25) is 5.02 Å². The van der Waals surface area contributed by atoms with Crippen molar-refractivity contribution in [2.45, 2.75) is 38.5 Å². The van der Waals surface area contributed by atoms with Crippen molar-refractivity contribution in [2.24, 2.45) is 7.05 Å². The fraction of sp³-hybridized carbons (Fsp3) is 0.526. The zero-order chi connectivity index (χ0) is 19.2. The number of halogens is 1. The van der Waals surface area contributed by atoms with Gasteiger partial charge in [-0.3, -0.25) is 10.1 Å². The summed E-state index contributed by atoms with van der Waals surface area (Å²) < 4.78 is 7.31. The molecule has 2 N–H and O–H groups in total. The van der Waals surface area contributed by atoms with Crippen LogP contribution in [0.4, 0.5) is 5.95 Å². The highest BCUT2D eigenvalue weighted by atomic mass is 35.5. The zero-order valence-corrected chi connectivity index (χ0v) is 16.6. The van der Waals surface area contributed by atoms with Crippen LogP contribution < -0.4 is 15.4 Å². The van der Waals surface area contributed by atoms with E-state index in [2.05, 4.69) is 20.7 Å². The number of piperidine rings is 1. The molecule has 1 aliphatic heterocycles. The number of anilines is 1. The molecule has 2 aromatic rings. The van der Waals surface area contributed by atoms with Gasteiger partial charge in [0.25, 0.3) is 0 Å². The molecule has 27 heavy (non-hydrogen) atoms. The molecule has 8 heteroatoms. The lowest BCUT2D eigenvalue weighted by atomic mass is 9.98. The minimum absolute atomic E-state index is 0.0850. The summed E-state index contributed by atoms with van der Waals surface area (Å²) in [7, 11) is 1.80. The molecule has 0 aliphatic carbocycles. The number of rotatable bonds is 7. The summed E-state index contributed by atoms with van der Waals surface area (Å²) >= 11 is 6.00. The summed E-state index contributed by atoms with van der Waals surface area (Å²) in [5.41, 5.74) is 0.971. The van der Waals surface area contributed by atoms with Crippen molar-refractivity contribution in [3.8, 4) is 5.75 Å². The molecule has 3 rings (SSSR count). The van der Waals surface area contributed by atoms with Crippen molar-refractivity contribution in [3.63, 3.8) is 0 Å². The maximum Gasteiger partial charge on any atom is 0.227 e. The Kier molecular flexibility index (Phi) is 6.68. The molecule has 0 spiro atoms. The van der Waals surface area contributed by atoms with Crippen molar-refractivity contribution in [1.82, 2.24) is 20.1 Å². The van der Waals surface area contributed by atoms with E-state index in [1.54, 1.807) is 11.7 Å². The second-order valence-electron chi connectivity index (χ2n) is 6.85. The van der Waals surface area contributed by atoms with Crippen molar-refractivity contribution in [3.05, 3.63) is 34.6 Å². The number of amides is 1. The first kappa shape index (κ1) is 19.6. The molecule has 0 bridgehead atoms. The number of aryl methyl sites for hydroxylation is 2. The van der Waals surface area contributed by atoms with Gasteiger partial charge in [0, 0.05) is 24.4 Å². The summed E-state index contributed by atoms with van der Waals surface area (Å²) in [6.45, 7) is 4.37. The fourth-order valence-electron chi connectivity index (χ4n) is 3.08. The molecular formula is C19H26ClN5O2. The third kappa shape index (κ3) is 5.43. The van der Waals surface area contributed by atoms with E-state index < -0.39 is 0 Å². The predicted octanol–water partition coefficient (Wildman–Crippen LogP) is 3.04. The van der Waals surface area contributed by atoms with Gasteiger partial charge in [-0.05, 0) is 63.0 Å². The highest BCUT2D eigenvalue weighted by Crippen LogP contribution is 2.23. The topological polar surface area (TPSA) is 81.1 Å². The van der Waals surface area contributed by atoms with Crippen molar-refractivity contribution in [2.75, 3.05) is 25.0 Å². The summed E-state index contributed by atoms with van der Waals surface area (Å²) in [6, 6.07) is 5.54. The van der Waals surface area contributed by atoms with Gasteiger partial charge in [-0.1, -0.05) is 11.6 Å². The molecule has 146 valence electrons. The summed E-state index contributed by atoms with van der Waals surface area (Å²) in [6.07, 6.45) is 3.03. The van der Waals surface area contributed by atoms with E-state index in [0.29, 0.717) is 36.3 Å². The highest BCUT2D eigenvalue weighted by Gasteiger charge is 2.21. The SMILES string of the molecule is Cc1cc(OCCCC(=O)Nc2nc(C3CCNCC3)nn2C)ccc1Cl. The first-order chi connectivity index (χ1) is 13.0. The number of hydrogen-bond donors (Lipinski definition) is 2. The average Bonchev–Trinajstić information content (AvgIpc) is 3.03. The van der Waals surface area contributed by atoms with Crippen LogP contribution >= 0.6 is 11.6 Å². The van der Waals surface area contributed by atoms with Gasteiger partial charge in [-0.25, -0.2) is 4.68 Å². The molecule has 0 unspecified atom stereocenters. The summed E-state index contributed by atoms with van der Waals surface area (Å²) in [5.74, 6) is 2.35. The molecule has 1 aromatic carbocycles. The number of benzene rings is 1. The smallest absolute Gasteiger partial charge is 0.227 e. The molecular weight excluding hydrogens is 366 g/mol. The van der Waals surface area contributed by atoms with Gasteiger partial charge < -0.3 is 10.1 Å². The molecule has 1 fully saturated rings. The molecule has 1 aromatic heterocycles. The van der Waals surface area contributed by atoms with Crippen LogP contribution in [0.3, 0.4) is 0 Å². The van der Waals surface area contributed by atoms with Crippen LogP contribution in [0, 0.1) is 6.92 Å². The minimum Gasteiger partial charge on any atom is -0.494 e. The molecule has 1 amide bonds. The largest absolute Gasteiger partial charge is 0.494 e. The normalized spacial score (nSPS) is 14.9. The number of aromatic nitrogens is 3. The predicted molar refractivity (Wildman–Crippen MR) is 105 cm³/mol. The molecule has 1 saturated heterocycles. The molecule has 0 atom stereocenters. The first-order valence-corrected chi connectivity index (χ1v) is 9.71. The van der Waals surface area contributed by atoms with Gasteiger partial charge in [0.15, 0.2) is 5.82 Å². The van der Waals surface area contributed by atoms with Crippen LogP contribution in [0.1, 0.15) is 43.0 Å². The number of nitrogens with zero attached hydrogens (tertiary/aromatic N) is 3. The first-order valence-electron chi connectivity index (χ1n) is 9.33. The minimum atomic E-state index is -0.0850. The van der Waals surface area contributed by atoms with E-state index in [9.17, 15) is 4.79 Å². The van der Waals surface area contributed by atoms with Gasteiger partial charge >= 0.3 is 0 Å². The molecule has 0 radical (unpaired) electrons. The van der Waals surface area contributed by atoms with Crippen LogP contribution in [0.25, 0.3) is 0 Å². The Labute approximate surface area is 164 Å². The Morgan fingerprint density at radius 1 is 1.41 bits per heavy atom. The average molecular weight is 392 g/mol.